The normalized spacial score (nSPS) is 17.1. The van der Waals surface area contributed by atoms with Gasteiger partial charge in [0.25, 0.3) is 0 Å². The number of anilines is 1. The number of benzene rings is 3. The molecule has 6 rings (SSSR count). The van der Waals surface area contributed by atoms with Crippen molar-refractivity contribution >= 4 is 39.4 Å². The standard InChI is InChI=1S/C30H36N4.C2H2O4/c1-2-34-29-11-7-6-10-27(29)28-22-24(12-13-30(28)34)23-31-16-14-26(15-17-31)33-20-18-32(19-21-33)25-8-4-3-5-9-25;3-1(4)2(5)6/h3-13,22,26H,2,14-21,23H2,1H3;(H,3,4)(H,5,6). The van der Waals surface area contributed by atoms with Crippen molar-refractivity contribution in [2.75, 3.05) is 44.2 Å². The fraction of sp³-hybridized carbons (Fsp3) is 0.375. The number of rotatable bonds is 5. The molecule has 3 aromatic carbocycles. The summed E-state index contributed by atoms with van der Waals surface area (Å²) in [5, 5.41) is 17.6. The van der Waals surface area contributed by atoms with Crippen molar-refractivity contribution in [1.82, 2.24) is 14.4 Å². The largest absolute Gasteiger partial charge is 0.473 e. The number of para-hydroxylation sites is 2. The molecule has 1 aromatic heterocycles. The highest BCUT2D eigenvalue weighted by atomic mass is 16.4. The molecule has 0 bridgehead atoms. The van der Waals surface area contributed by atoms with Gasteiger partial charge in [0, 0.05) is 72.8 Å². The Morgan fingerprint density at radius 2 is 1.38 bits per heavy atom. The molecule has 0 saturated carbocycles. The molecule has 8 nitrogen and oxygen atoms in total. The SMILES string of the molecule is CCn1c2ccccc2c2cc(CN3CCC(N4CCN(c5ccccc5)CC4)CC3)ccc21.O=C(O)C(=O)O. The average molecular weight is 543 g/mol. The Labute approximate surface area is 235 Å². The number of aryl methyl sites for hydroxylation is 1. The van der Waals surface area contributed by atoms with Gasteiger partial charge < -0.3 is 19.7 Å². The van der Waals surface area contributed by atoms with E-state index < -0.39 is 11.9 Å². The van der Waals surface area contributed by atoms with Gasteiger partial charge in [-0.15, -0.1) is 0 Å². The molecule has 0 spiro atoms. The fourth-order valence-corrected chi connectivity index (χ4v) is 6.22. The predicted octanol–water partition coefficient (Wildman–Crippen LogP) is 4.76. The number of hydrogen-bond acceptors (Lipinski definition) is 5. The number of aliphatic carboxylic acids is 2. The Kier molecular flexibility index (Phi) is 8.67. The monoisotopic (exact) mass is 542 g/mol. The van der Waals surface area contributed by atoms with Crippen molar-refractivity contribution < 1.29 is 19.8 Å². The minimum atomic E-state index is -1.82. The van der Waals surface area contributed by atoms with Crippen LogP contribution in [0.2, 0.25) is 0 Å². The van der Waals surface area contributed by atoms with E-state index in [1.54, 1.807) is 0 Å². The van der Waals surface area contributed by atoms with Crippen LogP contribution in [0.5, 0.6) is 0 Å². The zero-order chi connectivity index (χ0) is 28.1. The van der Waals surface area contributed by atoms with Crippen LogP contribution in [0.3, 0.4) is 0 Å². The molecule has 0 atom stereocenters. The zero-order valence-electron chi connectivity index (χ0n) is 23.1. The highest BCUT2D eigenvalue weighted by Crippen LogP contribution is 2.30. The van der Waals surface area contributed by atoms with Crippen molar-refractivity contribution in [2.45, 2.75) is 38.9 Å². The summed E-state index contributed by atoms with van der Waals surface area (Å²) >= 11 is 0. The number of carbonyl (C=O) groups is 2. The molecule has 2 saturated heterocycles. The van der Waals surface area contributed by atoms with Gasteiger partial charge in [-0.3, -0.25) is 9.80 Å². The summed E-state index contributed by atoms with van der Waals surface area (Å²) in [5.74, 6) is -3.65. The predicted molar refractivity (Wildman–Crippen MR) is 159 cm³/mol. The van der Waals surface area contributed by atoms with Crippen LogP contribution in [-0.2, 0) is 22.7 Å². The summed E-state index contributed by atoms with van der Waals surface area (Å²) in [6.45, 7) is 11.4. The first-order valence-electron chi connectivity index (χ1n) is 14.2. The van der Waals surface area contributed by atoms with Gasteiger partial charge in [-0.05, 0) is 68.8 Å². The van der Waals surface area contributed by atoms with Crippen molar-refractivity contribution in [3.63, 3.8) is 0 Å². The van der Waals surface area contributed by atoms with Crippen LogP contribution in [0.1, 0.15) is 25.3 Å². The van der Waals surface area contributed by atoms with Crippen LogP contribution in [0.4, 0.5) is 5.69 Å². The molecule has 2 aliphatic heterocycles. The Morgan fingerprint density at radius 1 is 0.750 bits per heavy atom. The zero-order valence-corrected chi connectivity index (χ0v) is 23.1. The number of aromatic nitrogens is 1. The number of nitrogens with zero attached hydrogens (tertiary/aromatic N) is 4. The van der Waals surface area contributed by atoms with Gasteiger partial charge in [-0.1, -0.05) is 42.5 Å². The molecule has 4 aromatic rings. The molecule has 0 radical (unpaired) electrons. The van der Waals surface area contributed by atoms with Crippen LogP contribution in [-0.4, -0.2) is 81.8 Å². The van der Waals surface area contributed by atoms with Gasteiger partial charge in [-0.2, -0.15) is 0 Å². The van der Waals surface area contributed by atoms with Crippen LogP contribution in [0.15, 0.2) is 72.8 Å². The maximum atomic E-state index is 9.10. The Bertz CT molecular complexity index is 1440. The first-order valence-corrected chi connectivity index (χ1v) is 14.2. The number of fused-ring (bicyclic) bond motifs is 3. The number of piperazine rings is 1. The topological polar surface area (TPSA) is 89.3 Å². The minimum absolute atomic E-state index is 0.749. The lowest BCUT2D eigenvalue weighted by Crippen LogP contribution is -2.53. The van der Waals surface area contributed by atoms with Crippen LogP contribution >= 0.6 is 0 Å². The van der Waals surface area contributed by atoms with Gasteiger partial charge >= 0.3 is 11.9 Å². The highest BCUT2D eigenvalue weighted by molar-refractivity contribution is 6.27. The summed E-state index contributed by atoms with van der Waals surface area (Å²) in [7, 11) is 0. The second-order valence-electron chi connectivity index (χ2n) is 10.6. The molecule has 0 unspecified atom stereocenters. The Morgan fingerprint density at radius 3 is 2.02 bits per heavy atom. The molecule has 40 heavy (non-hydrogen) atoms. The first-order chi connectivity index (χ1) is 19.4. The van der Waals surface area contributed by atoms with Crippen molar-refractivity contribution in [2.24, 2.45) is 0 Å². The smallest absolute Gasteiger partial charge is 0.414 e. The maximum Gasteiger partial charge on any atom is 0.414 e. The number of likely N-dealkylation sites (tertiary alicyclic amines) is 1. The third-order valence-electron chi connectivity index (χ3n) is 8.25. The molecular weight excluding hydrogens is 504 g/mol. The summed E-state index contributed by atoms with van der Waals surface area (Å²) in [6.07, 6.45) is 2.59. The third-order valence-corrected chi connectivity index (χ3v) is 8.25. The molecule has 210 valence electrons. The van der Waals surface area contributed by atoms with E-state index in [9.17, 15) is 0 Å². The fourth-order valence-electron chi connectivity index (χ4n) is 6.22. The highest BCUT2D eigenvalue weighted by Gasteiger charge is 2.27. The average Bonchev–Trinajstić information content (AvgIpc) is 3.31. The second-order valence-corrected chi connectivity index (χ2v) is 10.6. The molecule has 8 heteroatoms. The van der Waals surface area contributed by atoms with E-state index in [1.165, 1.54) is 72.1 Å². The lowest BCUT2D eigenvalue weighted by molar-refractivity contribution is -0.159. The summed E-state index contributed by atoms with van der Waals surface area (Å²) in [6, 6.07) is 27.6. The van der Waals surface area contributed by atoms with E-state index in [0.29, 0.717) is 0 Å². The third kappa shape index (κ3) is 6.13. The van der Waals surface area contributed by atoms with Crippen molar-refractivity contribution in [3.8, 4) is 0 Å². The summed E-state index contributed by atoms with van der Waals surface area (Å²) < 4.78 is 2.44. The Hall–Kier alpha value is -3.88. The van der Waals surface area contributed by atoms with E-state index in [4.69, 9.17) is 19.8 Å². The van der Waals surface area contributed by atoms with E-state index in [1.807, 2.05) is 0 Å². The summed E-state index contributed by atoms with van der Waals surface area (Å²) in [5.41, 5.74) is 5.53. The molecular formula is C32H38N4O4. The van der Waals surface area contributed by atoms with Gasteiger partial charge in [0.1, 0.15) is 0 Å². The van der Waals surface area contributed by atoms with Crippen LogP contribution in [0.25, 0.3) is 21.8 Å². The van der Waals surface area contributed by atoms with Crippen LogP contribution in [0, 0.1) is 0 Å². The second kappa shape index (κ2) is 12.5. The molecule has 2 fully saturated rings. The van der Waals surface area contributed by atoms with Crippen molar-refractivity contribution in [1.29, 1.82) is 0 Å². The first kappa shape index (κ1) is 27.7. The number of hydrogen-bond donors (Lipinski definition) is 2. The number of piperidine rings is 1. The van der Waals surface area contributed by atoms with E-state index >= 15 is 0 Å². The quantitative estimate of drug-likeness (QED) is 0.352. The molecule has 0 aliphatic carbocycles. The molecule has 3 heterocycles. The van der Waals surface area contributed by atoms with E-state index in [-0.39, 0.29) is 0 Å². The van der Waals surface area contributed by atoms with Gasteiger partial charge in [0.2, 0.25) is 0 Å². The van der Waals surface area contributed by atoms with Crippen LogP contribution < -0.4 is 4.90 Å². The lowest BCUT2D eigenvalue weighted by Gasteiger charge is -2.43. The minimum Gasteiger partial charge on any atom is -0.473 e. The van der Waals surface area contributed by atoms with Gasteiger partial charge in [0.15, 0.2) is 0 Å². The lowest BCUT2D eigenvalue weighted by atomic mass is 10.0. The van der Waals surface area contributed by atoms with Crippen molar-refractivity contribution in [3.05, 3.63) is 78.4 Å². The van der Waals surface area contributed by atoms with Gasteiger partial charge in [-0.25, -0.2) is 9.59 Å². The number of carboxylic acids is 2. The van der Waals surface area contributed by atoms with E-state index in [2.05, 4.69) is 99.0 Å². The molecule has 2 N–H and O–H groups in total. The number of carboxylic acid groups (broad SMARTS) is 2. The maximum absolute atomic E-state index is 9.10. The Balaban J connectivity index is 0.000000487. The van der Waals surface area contributed by atoms with E-state index in [0.717, 1.165) is 32.2 Å². The summed E-state index contributed by atoms with van der Waals surface area (Å²) in [4.78, 5) is 26.2. The molecule has 2 aliphatic rings. The van der Waals surface area contributed by atoms with Gasteiger partial charge in [0.05, 0.1) is 0 Å². The molecule has 0 amide bonds.